The van der Waals surface area contributed by atoms with Crippen LogP contribution in [0.2, 0.25) is 0 Å². The number of hydrogen-bond acceptors (Lipinski definition) is 5. The minimum Gasteiger partial charge on any atom is -0.493 e. The summed E-state index contributed by atoms with van der Waals surface area (Å²) in [7, 11) is 3.05. The molecule has 0 radical (unpaired) electrons. The van der Waals surface area contributed by atoms with Crippen LogP contribution in [0.4, 0.5) is 0 Å². The summed E-state index contributed by atoms with van der Waals surface area (Å²) in [5, 5.41) is 2.89. The first-order chi connectivity index (χ1) is 13.2. The van der Waals surface area contributed by atoms with Crippen LogP contribution in [0.15, 0.2) is 60.9 Å². The molecule has 1 aromatic heterocycles. The Morgan fingerprint density at radius 2 is 1.70 bits per heavy atom. The number of benzene rings is 2. The number of para-hydroxylation sites is 1. The summed E-state index contributed by atoms with van der Waals surface area (Å²) in [5.41, 5.74) is 2.36. The number of hydrogen-bond donors (Lipinski definition) is 1. The Kier molecular flexibility index (Phi) is 5.99. The van der Waals surface area contributed by atoms with Gasteiger partial charge in [0.1, 0.15) is 0 Å². The maximum Gasteiger partial charge on any atom is 0.255 e. The van der Waals surface area contributed by atoms with Crippen molar-refractivity contribution in [3.63, 3.8) is 0 Å². The predicted molar refractivity (Wildman–Crippen MR) is 103 cm³/mol. The molecule has 1 N–H and O–H groups in total. The lowest BCUT2D eigenvalue weighted by Gasteiger charge is -2.12. The second-order valence-corrected chi connectivity index (χ2v) is 5.83. The average molecular weight is 363 g/mol. The van der Waals surface area contributed by atoms with Gasteiger partial charge in [-0.05, 0) is 24.1 Å². The van der Waals surface area contributed by atoms with Crippen molar-refractivity contribution in [2.45, 2.75) is 6.42 Å². The first-order valence-corrected chi connectivity index (χ1v) is 8.58. The largest absolute Gasteiger partial charge is 0.493 e. The SMILES string of the molecule is COc1cccc(C(=O)NCCc2cnc(-c3ccccc3)nc2)c1OC. The smallest absolute Gasteiger partial charge is 0.255 e. The number of nitrogens with zero attached hydrogens (tertiary/aromatic N) is 2. The fourth-order valence-corrected chi connectivity index (χ4v) is 2.70. The van der Waals surface area contributed by atoms with Gasteiger partial charge in [-0.2, -0.15) is 0 Å². The van der Waals surface area contributed by atoms with Gasteiger partial charge in [0.25, 0.3) is 5.91 Å². The summed E-state index contributed by atoms with van der Waals surface area (Å²) in [6.07, 6.45) is 4.20. The van der Waals surface area contributed by atoms with Gasteiger partial charge >= 0.3 is 0 Å². The monoisotopic (exact) mass is 363 g/mol. The van der Waals surface area contributed by atoms with E-state index in [4.69, 9.17) is 9.47 Å². The number of carbonyl (C=O) groups is 1. The van der Waals surface area contributed by atoms with E-state index < -0.39 is 0 Å². The van der Waals surface area contributed by atoms with E-state index in [0.717, 1.165) is 11.1 Å². The van der Waals surface area contributed by atoms with Crippen molar-refractivity contribution in [2.24, 2.45) is 0 Å². The predicted octanol–water partition coefficient (Wildman–Crippen LogP) is 3.13. The third-order valence-electron chi connectivity index (χ3n) is 4.08. The fraction of sp³-hybridized carbons (Fsp3) is 0.190. The van der Waals surface area contributed by atoms with Crippen LogP contribution in [0.3, 0.4) is 0 Å². The third-order valence-corrected chi connectivity index (χ3v) is 4.08. The zero-order valence-corrected chi connectivity index (χ0v) is 15.3. The van der Waals surface area contributed by atoms with Gasteiger partial charge in [-0.25, -0.2) is 9.97 Å². The van der Waals surface area contributed by atoms with Gasteiger partial charge in [0.2, 0.25) is 0 Å². The van der Waals surface area contributed by atoms with Gasteiger partial charge in [-0.1, -0.05) is 36.4 Å². The van der Waals surface area contributed by atoms with E-state index in [1.807, 2.05) is 30.3 Å². The van der Waals surface area contributed by atoms with Crippen molar-refractivity contribution in [3.8, 4) is 22.9 Å². The highest BCUT2D eigenvalue weighted by Crippen LogP contribution is 2.30. The van der Waals surface area contributed by atoms with Crippen LogP contribution in [0.5, 0.6) is 11.5 Å². The quantitative estimate of drug-likeness (QED) is 0.698. The number of amides is 1. The summed E-state index contributed by atoms with van der Waals surface area (Å²) in [4.78, 5) is 21.2. The Labute approximate surface area is 158 Å². The number of ether oxygens (including phenoxy) is 2. The van der Waals surface area contributed by atoms with Crippen LogP contribution in [0.25, 0.3) is 11.4 Å². The van der Waals surface area contributed by atoms with Crippen LogP contribution in [0.1, 0.15) is 15.9 Å². The summed E-state index contributed by atoms with van der Waals surface area (Å²) in [6, 6.07) is 15.0. The van der Waals surface area contributed by atoms with Gasteiger partial charge in [-0.15, -0.1) is 0 Å². The molecule has 0 aliphatic carbocycles. The van der Waals surface area contributed by atoms with Crippen LogP contribution >= 0.6 is 0 Å². The van der Waals surface area contributed by atoms with Crippen molar-refractivity contribution < 1.29 is 14.3 Å². The topological polar surface area (TPSA) is 73.3 Å². The number of rotatable bonds is 7. The molecule has 3 aromatic rings. The standard InChI is InChI=1S/C21H21N3O3/c1-26-18-10-6-9-17(19(18)27-2)21(25)22-12-11-15-13-23-20(24-14-15)16-7-4-3-5-8-16/h3-10,13-14H,11-12H2,1-2H3,(H,22,25). The van der Waals surface area contributed by atoms with Gasteiger partial charge in [0.05, 0.1) is 19.8 Å². The second kappa shape index (κ2) is 8.80. The minimum absolute atomic E-state index is 0.215. The van der Waals surface area contributed by atoms with Crippen molar-refractivity contribution >= 4 is 5.91 Å². The van der Waals surface area contributed by atoms with E-state index in [1.165, 1.54) is 7.11 Å². The minimum atomic E-state index is -0.215. The molecular weight excluding hydrogens is 342 g/mol. The molecule has 0 fully saturated rings. The highest BCUT2D eigenvalue weighted by Gasteiger charge is 2.15. The molecule has 6 nitrogen and oxygen atoms in total. The Hall–Kier alpha value is -3.41. The average Bonchev–Trinajstić information content (AvgIpc) is 2.74. The number of nitrogens with one attached hydrogen (secondary N) is 1. The van der Waals surface area contributed by atoms with Crippen molar-refractivity contribution in [1.29, 1.82) is 0 Å². The van der Waals surface area contributed by atoms with Gasteiger partial charge in [0.15, 0.2) is 17.3 Å². The molecule has 27 heavy (non-hydrogen) atoms. The number of methoxy groups -OCH3 is 2. The van der Waals surface area contributed by atoms with Crippen molar-refractivity contribution in [1.82, 2.24) is 15.3 Å². The summed E-state index contributed by atoms with van der Waals surface area (Å²) in [6.45, 7) is 0.466. The summed E-state index contributed by atoms with van der Waals surface area (Å²) in [5.74, 6) is 1.42. The zero-order chi connectivity index (χ0) is 19.1. The molecule has 138 valence electrons. The highest BCUT2D eigenvalue weighted by atomic mass is 16.5. The second-order valence-electron chi connectivity index (χ2n) is 5.83. The van der Waals surface area contributed by atoms with Crippen LogP contribution in [-0.4, -0.2) is 36.6 Å². The zero-order valence-electron chi connectivity index (χ0n) is 15.3. The molecule has 0 saturated carbocycles. The summed E-state index contributed by atoms with van der Waals surface area (Å²) < 4.78 is 10.5. The van der Waals surface area contributed by atoms with Gasteiger partial charge in [-0.3, -0.25) is 4.79 Å². The van der Waals surface area contributed by atoms with Crippen LogP contribution in [0, 0.1) is 0 Å². The Bertz CT molecular complexity index is 896. The lowest BCUT2D eigenvalue weighted by molar-refractivity contribution is 0.0950. The molecule has 1 heterocycles. The maximum absolute atomic E-state index is 12.4. The molecule has 6 heteroatoms. The molecule has 3 rings (SSSR count). The molecule has 0 atom stereocenters. The number of carbonyl (C=O) groups excluding carboxylic acids is 1. The van der Waals surface area contributed by atoms with E-state index in [9.17, 15) is 4.79 Å². The lowest BCUT2D eigenvalue weighted by atomic mass is 10.1. The lowest BCUT2D eigenvalue weighted by Crippen LogP contribution is -2.26. The van der Waals surface area contributed by atoms with E-state index >= 15 is 0 Å². The normalized spacial score (nSPS) is 10.3. The Morgan fingerprint density at radius 1 is 0.963 bits per heavy atom. The van der Waals surface area contributed by atoms with Crippen LogP contribution in [-0.2, 0) is 6.42 Å². The third kappa shape index (κ3) is 4.41. The molecule has 1 amide bonds. The Morgan fingerprint density at radius 3 is 2.37 bits per heavy atom. The van der Waals surface area contributed by atoms with E-state index in [0.29, 0.717) is 35.9 Å². The first-order valence-electron chi connectivity index (χ1n) is 8.58. The molecule has 0 aliphatic heterocycles. The molecular formula is C21H21N3O3. The highest BCUT2D eigenvalue weighted by molar-refractivity contribution is 5.97. The molecule has 0 unspecified atom stereocenters. The molecule has 0 saturated heterocycles. The molecule has 0 bridgehead atoms. The van der Waals surface area contributed by atoms with Crippen molar-refractivity contribution in [2.75, 3.05) is 20.8 Å². The first kappa shape index (κ1) is 18.4. The van der Waals surface area contributed by atoms with E-state index in [2.05, 4.69) is 15.3 Å². The molecule has 0 spiro atoms. The molecule has 0 aliphatic rings. The maximum atomic E-state index is 12.4. The van der Waals surface area contributed by atoms with E-state index in [-0.39, 0.29) is 5.91 Å². The van der Waals surface area contributed by atoms with Crippen molar-refractivity contribution in [3.05, 3.63) is 72.1 Å². The Balaban J connectivity index is 1.59. The summed E-state index contributed by atoms with van der Waals surface area (Å²) >= 11 is 0. The fourth-order valence-electron chi connectivity index (χ4n) is 2.70. The van der Waals surface area contributed by atoms with Gasteiger partial charge in [0, 0.05) is 24.5 Å². The number of aromatic nitrogens is 2. The van der Waals surface area contributed by atoms with Gasteiger partial charge < -0.3 is 14.8 Å². The molecule has 2 aromatic carbocycles. The van der Waals surface area contributed by atoms with Crippen LogP contribution < -0.4 is 14.8 Å². The van der Waals surface area contributed by atoms with E-state index in [1.54, 1.807) is 37.7 Å².